The predicted molar refractivity (Wildman–Crippen MR) is 70.6 cm³/mol. The number of hydrogen-bond acceptors (Lipinski definition) is 4. The van der Waals surface area contributed by atoms with Crippen LogP contribution in [0.15, 0.2) is 11.1 Å². The van der Waals surface area contributed by atoms with Crippen molar-refractivity contribution >= 4 is 17.7 Å². The van der Waals surface area contributed by atoms with E-state index in [1.807, 2.05) is 13.0 Å². The van der Waals surface area contributed by atoms with Crippen LogP contribution in [0.3, 0.4) is 0 Å². The summed E-state index contributed by atoms with van der Waals surface area (Å²) in [6.07, 6.45) is 5.25. The minimum absolute atomic E-state index is 0.190. The van der Waals surface area contributed by atoms with Crippen molar-refractivity contribution in [2.75, 3.05) is 6.79 Å². The van der Waals surface area contributed by atoms with E-state index in [9.17, 15) is 4.79 Å². The first-order valence-electron chi connectivity index (χ1n) is 6.42. The Morgan fingerprint density at radius 3 is 2.74 bits per heavy atom. The van der Waals surface area contributed by atoms with E-state index in [1.54, 1.807) is 6.08 Å². The molecule has 0 bridgehead atoms. The number of halogens is 1. The Bertz CT molecular complexity index is 575. The van der Waals surface area contributed by atoms with Gasteiger partial charge in [-0.1, -0.05) is 18.5 Å². The summed E-state index contributed by atoms with van der Waals surface area (Å²) >= 11 is 6.25. The molecule has 3 rings (SSSR count). The zero-order valence-corrected chi connectivity index (χ0v) is 11.4. The van der Waals surface area contributed by atoms with E-state index >= 15 is 0 Å². The Balaban J connectivity index is 2.21. The predicted octanol–water partition coefficient (Wildman–Crippen LogP) is 3.35. The SMILES string of the molecule is CCc1c(C2(N=C=O)CCC2)cc(Cl)c2c1OCO2. The third-order valence-corrected chi connectivity index (χ3v) is 4.28. The number of aliphatic imine (C=N–C) groups is 1. The highest BCUT2D eigenvalue weighted by molar-refractivity contribution is 6.32. The fourth-order valence-corrected chi connectivity index (χ4v) is 3.14. The maximum atomic E-state index is 10.7. The van der Waals surface area contributed by atoms with Crippen LogP contribution >= 0.6 is 11.6 Å². The molecule has 1 aromatic carbocycles. The second-order valence-corrected chi connectivity index (χ2v) is 5.30. The Morgan fingerprint density at radius 1 is 1.42 bits per heavy atom. The van der Waals surface area contributed by atoms with Crippen molar-refractivity contribution in [1.82, 2.24) is 0 Å². The van der Waals surface area contributed by atoms with Crippen molar-refractivity contribution in [3.05, 3.63) is 22.2 Å². The Hall–Kier alpha value is -1.51. The largest absolute Gasteiger partial charge is 0.453 e. The molecule has 1 aliphatic heterocycles. The van der Waals surface area contributed by atoms with Gasteiger partial charge in [-0.2, -0.15) is 4.99 Å². The van der Waals surface area contributed by atoms with Gasteiger partial charge in [-0.05, 0) is 37.3 Å². The van der Waals surface area contributed by atoms with Gasteiger partial charge in [0.15, 0.2) is 11.5 Å². The van der Waals surface area contributed by atoms with Crippen LogP contribution in [0.4, 0.5) is 0 Å². The highest BCUT2D eigenvalue weighted by Gasteiger charge is 2.42. The molecule has 0 aromatic heterocycles. The summed E-state index contributed by atoms with van der Waals surface area (Å²) in [7, 11) is 0. The summed E-state index contributed by atoms with van der Waals surface area (Å²) in [4.78, 5) is 14.8. The molecule has 100 valence electrons. The molecule has 5 heteroatoms. The van der Waals surface area contributed by atoms with Crippen molar-refractivity contribution in [3.8, 4) is 11.5 Å². The van der Waals surface area contributed by atoms with Crippen LogP contribution < -0.4 is 9.47 Å². The first-order valence-corrected chi connectivity index (χ1v) is 6.80. The number of nitrogens with zero attached hydrogens (tertiary/aromatic N) is 1. The first kappa shape index (κ1) is 12.5. The maximum Gasteiger partial charge on any atom is 0.235 e. The summed E-state index contributed by atoms with van der Waals surface area (Å²) in [5, 5.41) is 0.520. The number of isocyanates is 1. The Labute approximate surface area is 116 Å². The highest BCUT2D eigenvalue weighted by atomic mass is 35.5. The summed E-state index contributed by atoms with van der Waals surface area (Å²) in [6.45, 7) is 2.24. The monoisotopic (exact) mass is 279 g/mol. The average molecular weight is 280 g/mol. The van der Waals surface area contributed by atoms with Gasteiger partial charge in [0.2, 0.25) is 12.9 Å². The van der Waals surface area contributed by atoms with Gasteiger partial charge in [0.1, 0.15) is 0 Å². The molecule has 0 saturated heterocycles. The third-order valence-electron chi connectivity index (χ3n) is 4.00. The van der Waals surface area contributed by atoms with Gasteiger partial charge in [-0.25, -0.2) is 4.79 Å². The molecular weight excluding hydrogens is 266 g/mol. The zero-order valence-electron chi connectivity index (χ0n) is 10.7. The molecule has 1 fully saturated rings. The first-order chi connectivity index (χ1) is 9.22. The molecule has 0 spiro atoms. The minimum atomic E-state index is -0.461. The van der Waals surface area contributed by atoms with Gasteiger partial charge in [-0.3, -0.25) is 0 Å². The van der Waals surface area contributed by atoms with Crippen molar-refractivity contribution in [1.29, 1.82) is 0 Å². The van der Waals surface area contributed by atoms with Crippen LogP contribution in [0, 0.1) is 0 Å². The van der Waals surface area contributed by atoms with Crippen LogP contribution in [0.2, 0.25) is 5.02 Å². The molecule has 19 heavy (non-hydrogen) atoms. The molecule has 1 aromatic rings. The molecular formula is C14H14ClNO3. The maximum absolute atomic E-state index is 10.7. The topological polar surface area (TPSA) is 47.9 Å². The van der Waals surface area contributed by atoms with Crippen LogP contribution in [-0.2, 0) is 16.8 Å². The highest BCUT2D eigenvalue weighted by Crippen LogP contribution is 2.52. The van der Waals surface area contributed by atoms with Gasteiger partial charge in [0.05, 0.1) is 10.6 Å². The summed E-state index contributed by atoms with van der Waals surface area (Å²) in [5.74, 6) is 1.31. The molecule has 0 atom stereocenters. The van der Waals surface area contributed by atoms with Crippen LogP contribution in [0.1, 0.15) is 37.3 Å². The number of hydrogen-bond donors (Lipinski definition) is 0. The van der Waals surface area contributed by atoms with E-state index in [-0.39, 0.29) is 6.79 Å². The average Bonchev–Trinajstić information content (AvgIpc) is 2.83. The molecule has 0 N–H and O–H groups in total. The number of benzene rings is 1. The van der Waals surface area contributed by atoms with Crippen molar-refractivity contribution in [2.24, 2.45) is 4.99 Å². The third kappa shape index (κ3) is 1.75. The molecule has 0 amide bonds. The van der Waals surface area contributed by atoms with Gasteiger partial charge in [0.25, 0.3) is 0 Å². The molecule has 2 aliphatic rings. The normalized spacial score (nSPS) is 18.6. The van der Waals surface area contributed by atoms with Crippen LogP contribution in [0.5, 0.6) is 11.5 Å². The van der Waals surface area contributed by atoms with E-state index < -0.39 is 5.54 Å². The second-order valence-electron chi connectivity index (χ2n) is 4.89. The standard InChI is InChI=1S/C14H14ClNO3/c1-2-9-10(14(16-7-17)4-3-5-14)6-11(15)13-12(9)18-8-19-13/h6H,2-5,8H2,1H3. The Morgan fingerprint density at radius 2 is 2.16 bits per heavy atom. The molecule has 4 nitrogen and oxygen atoms in total. The van der Waals surface area contributed by atoms with Crippen LogP contribution in [-0.4, -0.2) is 12.9 Å². The lowest BCUT2D eigenvalue weighted by molar-refractivity contribution is 0.173. The smallest absolute Gasteiger partial charge is 0.235 e. The van der Waals surface area contributed by atoms with Crippen molar-refractivity contribution < 1.29 is 14.3 Å². The second kappa shape index (κ2) is 4.55. The van der Waals surface area contributed by atoms with Crippen molar-refractivity contribution in [3.63, 3.8) is 0 Å². The molecule has 0 radical (unpaired) electrons. The fraction of sp³-hybridized carbons (Fsp3) is 0.500. The van der Waals surface area contributed by atoms with Gasteiger partial charge in [-0.15, -0.1) is 0 Å². The zero-order chi connectivity index (χ0) is 13.5. The lowest BCUT2D eigenvalue weighted by Crippen LogP contribution is -2.33. The Kier molecular flexibility index (Phi) is 3.00. The number of ether oxygens (including phenoxy) is 2. The van der Waals surface area contributed by atoms with Gasteiger partial charge < -0.3 is 9.47 Å². The fourth-order valence-electron chi connectivity index (χ4n) is 2.89. The molecule has 0 unspecified atom stereocenters. The molecule has 1 heterocycles. The van der Waals surface area contributed by atoms with Crippen molar-refractivity contribution in [2.45, 2.75) is 38.1 Å². The molecule has 1 saturated carbocycles. The minimum Gasteiger partial charge on any atom is -0.453 e. The van der Waals surface area contributed by atoms with Gasteiger partial charge >= 0.3 is 0 Å². The van der Waals surface area contributed by atoms with Crippen LogP contribution in [0.25, 0.3) is 0 Å². The lowest BCUT2D eigenvalue weighted by atomic mass is 9.70. The number of carbonyl (C=O) groups excluding carboxylic acids is 1. The number of rotatable bonds is 3. The summed E-state index contributed by atoms with van der Waals surface area (Å²) < 4.78 is 10.9. The number of fused-ring (bicyclic) bond motifs is 1. The quantitative estimate of drug-likeness (QED) is 0.630. The molecule has 1 aliphatic carbocycles. The van der Waals surface area contributed by atoms with E-state index in [2.05, 4.69) is 4.99 Å². The summed E-state index contributed by atoms with van der Waals surface area (Å²) in [6, 6.07) is 1.87. The van der Waals surface area contributed by atoms with E-state index in [0.29, 0.717) is 16.5 Å². The van der Waals surface area contributed by atoms with E-state index in [1.165, 1.54) is 0 Å². The lowest BCUT2D eigenvalue weighted by Gasteiger charge is -2.38. The van der Waals surface area contributed by atoms with E-state index in [0.717, 1.165) is 36.8 Å². The van der Waals surface area contributed by atoms with E-state index in [4.69, 9.17) is 21.1 Å². The summed E-state index contributed by atoms with van der Waals surface area (Å²) in [5.41, 5.74) is 1.56. The van der Waals surface area contributed by atoms with Gasteiger partial charge in [0, 0.05) is 5.56 Å².